The van der Waals surface area contributed by atoms with Crippen molar-refractivity contribution in [3.63, 3.8) is 0 Å². The number of hydrogen-bond donors (Lipinski definition) is 3. The molecule has 1 atom stereocenters. The molecule has 6 heteroatoms. The molecule has 1 heterocycles. The lowest BCUT2D eigenvalue weighted by Crippen LogP contribution is -2.45. The maximum absolute atomic E-state index is 11.0. The van der Waals surface area contributed by atoms with Gasteiger partial charge in [-0.25, -0.2) is 4.79 Å². The van der Waals surface area contributed by atoms with Crippen LogP contribution in [0.15, 0.2) is 16.5 Å². The fourth-order valence-electron chi connectivity index (χ4n) is 1.32. The summed E-state index contributed by atoms with van der Waals surface area (Å²) in [6.07, 6.45) is 0. The lowest BCUT2D eigenvalue weighted by molar-refractivity contribution is -0.121. The summed E-state index contributed by atoms with van der Waals surface area (Å²) in [6.45, 7) is 2.45. The Morgan fingerprint density at radius 3 is 2.50 bits per heavy atom. The van der Waals surface area contributed by atoms with Crippen LogP contribution in [0.5, 0.6) is 0 Å². The van der Waals surface area contributed by atoms with Crippen molar-refractivity contribution in [3.8, 4) is 0 Å². The minimum Gasteiger partial charge on any atom is -0.475 e. The Bertz CT molecular complexity index is 411. The monoisotopic (exact) mass is 227 g/mol. The van der Waals surface area contributed by atoms with Gasteiger partial charge in [0.25, 0.3) is 0 Å². The average Bonchev–Trinajstić information content (AvgIpc) is 2.65. The van der Waals surface area contributed by atoms with E-state index >= 15 is 0 Å². The molecule has 88 valence electrons. The molecular weight excluding hydrogens is 214 g/mol. The zero-order chi connectivity index (χ0) is 12.3. The number of carboxylic acids is 1. The molecule has 3 N–H and O–H groups in total. The van der Waals surface area contributed by atoms with Gasteiger partial charge in [0.15, 0.2) is 0 Å². The maximum Gasteiger partial charge on any atom is 0.371 e. The van der Waals surface area contributed by atoms with Gasteiger partial charge in [-0.1, -0.05) is 0 Å². The second kappa shape index (κ2) is 4.36. The number of hydrogen-bond acceptors (Lipinski definition) is 4. The Hall–Kier alpha value is -1.82. The number of amides is 1. The van der Waals surface area contributed by atoms with Crippen molar-refractivity contribution < 1.29 is 24.2 Å². The van der Waals surface area contributed by atoms with Crippen molar-refractivity contribution in [2.75, 3.05) is 6.61 Å². The molecule has 1 aromatic rings. The summed E-state index contributed by atoms with van der Waals surface area (Å²) in [5, 5.41) is 20.4. The molecule has 6 nitrogen and oxygen atoms in total. The summed E-state index contributed by atoms with van der Waals surface area (Å²) in [5.41, 5.74) is -1.11. The number of carboxylic acid groups (broad SMARTS) is 1. The van der Waals surface area contributed by atoms with E-state index in [0.717, 1.165) is 0 Å². The van der Waals surface area contributed by atoms with Gasteiger partial charge in [0.05, 0.1) is 6.61 Å². The van der Waals surface area contributed by atoms with Crippen molar-refractivity contribution in [2.24, 2.45) is 0 Å². The summed E-state index contributed by atoms with van der Waals surface area (Å²) in [4.78, 5) is 21.6. The third-order valence-corrected chi connectivity index (χ3v) is 2.13. The van der Waals surface area contributed by atoms with E-state index < -0.39 is 11.5 Å². The fourth-order valence-corrected chi connectivity index (χ4v) is 1.32. The molecular formula is C10H13NO5. The van der Waals surface area contributed by atoms with Crippen LogP contribution < -0.4 is 5.32 Å². The van der Waals surface area contributed by atoms with Crippen molar-refractivity contribution in [1.82, 2.24) is 5.32 Å². The number of aliphatic hydroxyl groups is 1. The number of carbonyl (C=O) groups excluding carboxylic acids is 1. The number of nitrogens with one attached hydrogen (secondary N) is 1. The lowest BCUT2D eigenvalue weighted by atomic mass is 10.0. The first-order valence-corrected chi connectivity index (χ1v) is 4.62. The Morgan fingerprint density at radius 1 is 1.50 bits per heavy atom. The largest absolute Gasteiger partial charge is 0.475 e. The standard InChI is InChI=1S/C10H13NO5/c1-6(13)11-10(2,5-12)8-4-3-7(16-8)9(14)15/h3-4,12H,5H2,1-2H3,(H,11,13)(H,14,15). The molecule has 1 rings (SSSR count). The van der Waals surface area contributed by atoms with Crippen LogP contribution in [0.1, 0.15) is 30.2 Å². The van der Waals surface area contributed by atoms with Crippen molar-refractivity contribution >= 4 is 11.9 Å². The molecule has 0 aliphatic rings. The molecule has 0 spiro atoms. The van der Waals surface area contributed by atoms with E-state index in [1.807, 2.05) is 0 Å². The summed E-state index contributed by atoms with van der Waals surface area (Å²) < 4.78 is 5.03. The smallest absolute Gasteiger partial charge is 0.371 e. The quantitative estimate of drug-likeness (QED) is 0.687. The van der Waals surface area contributed by atoms with Crippen LogP contribution >= 0.6 is 0 Å². The van der Waals surface area contributed by atoms with Crippen LogP contribution in [-0.4, -0.2) is 28.7 Å². The molecule has 1 amide bonds. The molecule has 16 heavy (non-hydrogen) atoms. The van der Waals surface area contributed by atoms with Gasteiger partial charge in [-0.2, -0.15) is 0 Å². The first kappa shape index (κ1) is 12.3. The van der Waals surface area contributed by atoms with Crippen molar-refractivity contribution in [3.05, 3.63) is 23.7 Å². The summed E-state index contributed by atoms with van der Waals surface area (Å²) in [7, 11) is 0. The first-order valence-electron chi connectivity index (χ1n) is 4.62. The van der Waals surface area contributed by atoms with Gasteiger partial charge in [-0.15, -0.1) is 0 Å². The van der Waals surface area contributed by atoms with Crippen LogP contribution in [0.3, 0.4) is 0 Å². The highest BCUT2D eigenvalue weighted by molar-refractivity contribution is 5.84. The third-order valence-electron chi connectivity index (χ3n) is 2.13. The summed E-state index contributed by atoms with van der Waals surface area (Å²) in [5.74, 6) is -1.58. The Kier molecular flexibility index (Phi) is 3.34. The highest BCUT2D eigenvalue weighted by Crippen LogP contribution is 2.22. The predicted octanol–water partition coefficient (Wildman–Crippen LogP) is 0.321. The Morgan fingerprint density at radius 2 is 2.12 bits per heavy atom. The Balaban J connectivity index is 3.02. The number of aromatic carboxylic acids is 1. The van der Waals surface area contributed by atoms with Crippen LogP contribution in [0, 0.1) is 0 Å². The molecule has 0 saturated carbocycles. The van der Waals surface area contributed by atoms with Crippen molar-refractivity contribution in [1.29, 1.82) is 0 Å². The van der Waals surface area contributed by atoms with E-state index in [1.54, 1.807) is 6.92 Å². The highest BCUT2D eigenvalue weighted by atomic mass is 16.4. The molecule has 0 aliphatic heterocycles. The van der Waals surface area contributed by atoms with Gasteiger partial charge in [0, 0.05) is 6.92 Å². The van der Waals surface area contributed by atoms with Gasteiger partial charge in [-0.3, -0.25) is 4.79 Å². The molecule has 0 saturated heterocycles. The van der Waals surface area contributed by atoms with Crippen LogP contribution in [-0.2, 0) is 10.3 Å². The molecule has 0 radical (unpaired) electrons. The SMILES string of the molecule is CC(=O)NC(C)(CO)c1ccc(C(=O)O)o1. The first-order chi connectivity index (χ1) is 7.39. The van der Waals surface area contributed by atoms with Gasteiger partial charge >= 0.3 is 5.97 Å². The molecule has 0 aliphatic carbocycles. The topological polar surface area (TPSA) is 99.8 Å². The van der Waals surface area contributed by atoms with E-state index in [2.05, 4.69) is 5.32 Å². The number of rotatable bonds is 4. The van der Waals surface area contributed by atoms with E-state index in [1.165, 1.54) is 19.1 Å². The lowest BCUT2D eigenvalue weighted by Gasteiger charge is -2.25. The average molecular weight is 227 g/mol. The minimum absolute atomic E-state index is 0.197. The van der Waals surface area contributed by atoms with Crippen molar-refractivity contribution in [2.45, 2.75) is 19.4 Å². The van der Waals surface area contributed by atoms with Crippen LogP contribution in [0.4, 0.5) is 0 Å². The van der Waals surface area contributed by atoms with Gasteiger partial charge < -0.3 is 19.9 Å². The zero-order valence-corrected chi connectivity index (χ0v) is 8.98. The number of aliphatic hydroxyl groups excluding tert-OH is 1. The normalized spacial score (nSPS) is 14.2. The van der Waals surface area contributed by atoms with E-state index in [-0.39, 0.29) is 24.0 Å². The van der Waals surface area contributed by atoms with E-state index in [0.29, 0.717) is 0 Å². The molecule has 0 aromatic carbocycles. The number of carbonyl (C=O) groups is 2. The van der Waals surface area contributed by atoms with E-state index in [9.17, 15) is 14.7 Å². The third kappa shape index (κ3) is 2.40. The summed E-state index contributed by atoms with van der Waals surface area (Å²) >= 11 is 0. The Labute approximate surface area is 91.9 Å². The second-order valence-corrected chi connectivity index (χ2v) is 3.64. The maximum atomic E-state index is 11.0. The molecule has 1 aromatic heterocycles. The number of furan rings is 1. The van der Waals surface area contributed by atoms with Crippen LogP contribution in [0.2, 0.25) is 0 Å². The second-order valence-electron chi connectivity index (χ2n) is 3.64. The zero-order valence-electron chi connectivity index (χ0n) is 8.98. The minimum atomic E-state index is -1.20. The molecule has 1 unspecified atom stereocenters. The predicted molar refractivity (Wildman–Crippen MR) is 53.9 cm³/mol. The van der Waals surface area contributed by atoms with Crippen LogP contribution in [0.25, 0.3) is 0 Å². The van der Waals surface area contributed by atoms with Gasteiger partial charge in [-0.05, 0) is 19.1 Å². The van der Waals surface area contributed by atoms with Gasteiger partial charge in [0.2, 0.25) is 11.7 Å². The van der Waals surface area contributed by atoms with E-state index in [4.69, 9.17) is 9.52 Å². The highest BCUT2D eigenvalue weighted by Gasteiger charge is 2.31. The molecule has 0 fully saturated rings. The molecule has 0 bridgehead atoms. The summed E-state index contributed by atoms with van der Waals surface area (Å²) in [6, 6.07) is 2.68. The fraction of sp³-hybridized carbons (Fsp3) is 0.400. The van der Waals surface area contributed by atoms with Gasteiger partial charge in [0.1, 0.15) is 11.3 Å².